The van der Waals surface area contributed by atoms with Gasteiger partial charge in [-0.2, -0.15) is 0 Å². The van der Waals surface area contributed by atoms with Gasteiger partial charge in [0, 0.05) is 13.5 Å². The van der Waals surface area contributed by atoms with E-state index in [1.807, 2.05) is 6.92 Å². The molecule has 4 aliphatic rings. The zero-order chi connectivity index (χ0) is 15.3. The van der Waals surface area contributed by atoms with E-state index < -0.39 is 5.79 Å². The fourth-order valence-corrected chi connectivity index (χ4v) is 4.77. The molecule has 0 N–H and O–H groups in total. The highest BCUT2D eigenvalue weighted by molar-refractivity contribution is 5.04. The van der Waals surface area contributed by atoms with Gasteiger partial charge in [0.2, 0.25) is 0 Å². The summed E-state index contributed by atoms with van der Waals surface area (Å²) in [6, 6.07) is 0. The maximum absolute atomic E-state index is 6.11. The molecule has 4 heteroatoms. The van der Waals surface area contributed by atoms with Crippen LogP contribution in [0.15, 0.2) is 0 Å². The van der Waals surface area contributed by atoms with E-state index in [-0.39, 0.29) is 11.7 Å². The molecule has 4 rings (SSSR count). The van der Waals surface area contributed by atoms with E-state index in [9.17, 15) is 0 Å². The lowest BCUT2D eigenvalue weighted by atomic mass is 9.59. The van der Waals surface area contributed by atoms with Gasteiger partial charge >= 0.3 is 0 Å². The summed E-state index contributed by atoms with van der Waals surface area (Å²) < 4.78 is 11.7. The van der Waals surface area contributed by atoms with Crippen molar-refractivity contribution in [1.82, 2.24) is 0 Å². The maximum atomic E-state index is 6.11. The normalized spacial score (nSPS) is 49.3. The van der Waals surface area contributed by atoms with Crippen LogP contribution in [0.5, 0.6) is 0 Å². The Bertz CT molecular complexity index is 375. The highest BCUT2D eigenvalue weighted by atomic mass is 17.2. The van der Waals surface area contributed by atoms with Crippen LogP contribution in [0.3, 0.4) is 0 Å². The smallest absolute Gasteiger partial charge is 0.198 e. The van der Waals surface area contributed by atoms with Crippen molar-refractivity contribution >= 4 is 0 Å². The van der Waals surface area contributed by atoms with Crippen molar-refractivity contribution in [2.75, 3.05) is 13.7 Å². The molecule has 0 aromatic rings. The number of methoxy groups -OCH3 is 1. The van der Waals surface area contributed by atoms with Gasteiger partial charge in [-0.05, 0) is 56.8 Å². The van der Waals surface area contributed by atoms with E-state index in [2.05, 4.69) is 20.8 Å². The molecule has 4 nitrogen and oxygen atoms in total. The third-order valence-electron chi connectivity index (χ3n) is 6.51. The molecule has 3 heterocycles. The predicted molar refractivity (Wildman–Crippen MR) is 79.5 cm³/mol. The average Bonchev–Trinajstić information content (AvgIpc) is 2.73. The monoisotopic (exact) mass is 298 g/mol. The van der Waals surface area contributed by atoms with Gasteiger partial charge in [0.1, 0.15) is 5.60 Å². The fraction of sp³-hybridized carbons (Fsp3) is 1.00. The van der Waals surface area contributed by atoms with Gasteiger partial charge in [-0.3, -0.25) is 0 Å². The van der Waals surface area contributed by atoms with Crippen LogP contribution in [0.2, 0.25) is 0 Å². The third-order valence-corrected chi connectivity index (χ3v) is 6.51. The van der Waals surface area contributed by atoms with Crippen molar-refractivity contribution in [1.29, 1.82) is 0 Å². The minimum Gasteiger partial charge on any atom is -0.381 e. The Balaban J connectivity index is 1.92. The van der Waals surface area contributed by atoms with Crippen LogP contribution in [0.1, 0.15) is 53.4 Å². The first kappa shape index (κ1) is 15.7. The predicted octanol–water partition coefficient (Wildman–Crippen LogP) is 3.55. The molecule has 7 atom stereocenters. The van der Waals surface area contributed by atoms with Crippen molar-refractivity contribution in [3.63, 3.8) is 0 Å². The number of fused-ring (bicyclic) bond motifs is 3. The van der Waals surface area contributed by atoms with Gasteiger partial charge in [-0.25, -0.2) is 9.78 Å². The van der Waals surface area contributed by atoms with Crippen molar-refractivity contribution in [3.8, 4) is 0 Å². The Kier molecular flexibility index (Phi) is 4.11. The van der Waals surface area contributed by atoms with Gasteiger partial charge in [-0.1, -0.05) is 13.8 Å². The Labute approximate surface area is 128 Å². The summed E-state index contributed by atoms with van der Waals surface area (Å²) in [4.78, 5) is 11.8. The largest absolute Gasteiger partial charge is 0.381 e. The molecular weight excluding hydrogens is 268 g/mol. The molecule has 1 saturated carbocycles. The van der Waals surface area contributed by atoms with Gasteiger partial charge in [0.05, 0.1) is 12.7 Å². The van der Waals surface area contributed by atoms with Gasteiger partial charge in [-0.15, -0.1) is 0 Å². The Morgan fingerprint density at radius 1 is 1.14 bits per heavy atom. The summed E-state index contributed by atoms with van der Waals surface area (Å²) in [5.41, 5.74) is -0.292. The first-order chi connectivity index (χ1) is 9.92. The number of hydrogen-bond donors (Lipinski definition) is 0. The molecule has 0 amide bonds. The lowest BCUT2D eigenvalue weighted by Crippen LogP contribution is -2.61. The van der Waals surface area contributed by atoms with E-state index in [0.717, 1.165) is 19.3 Å². The molecule has 0 aromatic heterocycles. The lowest BCUT2D eigenvalue weighted by Gasteiger charge is -2.53. The van der Waals surface area contributed by atoms with E-state index in [4.69, 9.17) is 19.2 Å². The van der Waals surface area contributed by atoms with Crippen LogP contribution in [-0.4, -0.2) is 31.2 Å². The second-order valence-corrected chi connectivity index (χ2v) is 7.65. The quantitative estimate of drug-likeness (QED) is 0.747. The summed E-state index contributed by atoms with van der Waals surface area (Å²) in [5.74, 6) is 1.49. The molecule has 0 aromatic carbocycles. The zero-order valence-corrected chi connectivity index (χ0v) is 14.1. The first-order valence-corrected chi connectivity index (χ1v) is 8.45. The average molecular weight is 298 g/mol. The minimum absolute atomic E-state index is 0.221. The third kappa shape index (κ3) is 2.44. The van der Waals surface area contributed by atoms with Gasteiger partial charge < -0.3 is 9.47 Å². The van der Waals surface area contributed by atoms with Crippen LogP contribution in [0.4, 0.5) is 0 Å². The molecule has 1 spiro atoms. The molecule has 3 aliphatic heterocycles. The summed E-state index contributed by atoms with van der Waals surface area (Å²) in [6.45, 7) is 9.45. The van der Waals surface area contributed by atoms with Gasteiger partial charge in [0.25, 0.3) is 0 Å². The SMILES string of the molecule is COC(C)[C@H](C)[C@@H]1CC[C@@H](C)[C@@H]2CCC3(C)OC[C@@]21OO3. The molecule has 1 aliphatic carbocycles. The Morgan fingerprint density at radius 3 is 2.52 bits per heavy atom. The molecule has 2 unspecified atom stereocenters. The highest BCUT2D eigenvalue weighted by Gasteiger charge is 2.61. The summed E-state index contributed by atoms with van der Waals surface area (Å²) in [7, 11) is 1.79. The number of ether oxygens (including phenoxy) is 2. The second-order valence-electron chi connectivity index (χ2n) is 7.65. The van der Waals surface area contributed by atoms with Gasteiger partial charge in [0.15, 0.2) is 5.79 Å². The highest BCUT2D eigenvalue weighted by Crippen LogP contribution is 2.55. The Hall–Kier alpha value is -0.160. The second kappa shape index (κ2) is 5.48. The van der Waals surface area contributed by atoms with Crippen LogP contribution in [-0.2, 0) is 19.2 Å². The molecule has 21 heavy (non-hydrogen) atoms. The molecule has 122 valence electrons. The van der Waals surface area contributed by atoms with Crippen LogP contribution >= 0.6 is 0 Å². The minimum atomic E-state index is -0.553. The first-order valence-electron chi connectivity index (χ1n) is 8.45. The summed E-state index contributed by atoms with van der Waals surface area (Å²) >= 11 is 0. The molecule has 2 bridgehead atoms. The molecule has 4 fully saturated rings. The van der Waals surface area contributed by atoms with E-state index in [1.165, 1.54) is 6.42 Å². The molecule has 0 radical (unpaired) electrons. The van der Waals surface area contributed by atoms with Crippen LogP contribution in [0, 0.1) is 23.7 Å². The number of hydrogen-bond acceptors (Lipinski definition) is 4. The number of rotatable bonds is 3. The van der Waals surface area contributed by atoms with Crippen molar-refractivity contribution < 1.29 is 19.2 Å². The van der Waals surface area contributed by atoms with E-state index >= 15 is 0 Å². The Morgan fingerprint density at radius 2 is 1.90 bits per heavy atom. The van der Waals surface area contributed by atoms with Crippen LogP contribution in [0.25, 0.3) is 0 Å². The molecular formula is C17H30O4. The fourth-order valence-electron chi connectivity index (χ4n) is 4.77. The zero-order valence-electron chi connectivity index (χ0n) is 14.1. The van der Waals surface area contributed by atoms with E-state index in [1.54, 1.807) is 7.11 Å². The van der Waals surface area contributed by atoms with Crippen LogP contribution < -0.4 is 0 Å². The standard InChI is InChI=1S/C17H30O4/c1-11-6-7-15(12(2)13(3)18-5)17-10-19-16(4,20-21-17)9-8-14(11)17/h11-15H,6-10H2,1-5H3/t11-,12+,13?,14+,15+,16?,17-/m1/s1. The summed E-state index contributed by atoms with van der Waals surface area (Å²) in [5, 5.41) is 0. The summed E-state index contributed by atoms with van der Waals surface area (Å²) in [6.07, 6.45) is 4.69. The topological polar surface area (TPSA) is 36.9 Å². The maximum Gasteiger partial charge on any atom is 0.198 e. The molecule has 3 saturated heterocycles. The van der Waals surface area contributed by atoms with Crippen molar-refractivity contribution in [3.05, 3.63) is 0 Å². The van der Waals surface area contributed by atoms with Crippen molar-refractivity contribution in [2.45, 2.75) is 70.9 Å². The van der Waals surface area contributed by atoms with E-state index in [0.29, 0.717) is 30.3 Å². The lowest BCUT2D eigenvalue weighted by molar-refractivity contribution is -0.517. The van der Waals surface area contributed by atoms with Crippen molar-refractivity contribution in [2.24, 2.45) is 23.7 Å².